The van der Waals surface area contributed by atoms with Gasteiger partial charge in [0.15, 0.2) is 0 Å². The third kappa shape index (κ3) is 5.83. The predicted molar refractivity (Wildman–Crippen MR) is 117 cm³/mol. The van der Waals surface area contributed by atoms with E-state index >= 15 is 0 Å². The zero-order chi connectivity index (χ0) is 22.6. The molecule has 1 atom stereocenters. The number of aliphatic hydroxyl groups is 1. The van der Waals surface area contributed by atoms with Crippen LogP contribution in [0.3, 0.4) is 0 Å². The predicted octanol–water partition coefficient (Wildman–Crippen LogP) is 1.82. The first-order chi connectivity index (χ1) is 14.7. The molecule has 3 N–H and O–H groups in total. The van der Waals surface area contributed by atoms with Gasteiger partial charge in [-0.1, -0.05) is 18.2 Å². The molecule has 166 valence electrons. The molecular formula is C22H27N3O5S. The molecule has 8 nitrogen and oxygen atoms in total. The van der Waals surface area contributed by atoms with E-state index in [1.54, 1.807) is 42.2 Å². The number of nitrogens with zero attached hydrogens (tertiary/aromatic N) is 1. The van der Waals surface area contributed by atoms with Crippen LogP contribution in [0.5, 0.6) is 0 Å². The largest absolute Gasteiger partial charge is 0.389 e. The van der Waals surface area contributed by atoms with Gasteiger partial charge >= 0.3 is 0 Å². The third-order valence-electron chi connectivity index (χ3n) is 5.11. The van der Waals surface area contributed by atoms with Crippen molar-refractivity contribution < 1.29 is 23.1 Å². The Morgan fingerprint density at radius 3 is 2.68 bits per heavy atom. The van der Waals surface area contributed by atoms with Crippen molar-refractivity contribution in [2.45, 2.75) is 37.7 Å². The van der Waals surface area contributed by atoms with E-state index in [4.69, 9.17) is 0 Å². The van der Waals surface area contributed by atoms with E-state index in [1.165, 1.54) is 6.07 Å². The van der Waals surface area contributed by atoms with Crippen LogP contribution in [0.25, 0.3) is 0 Å². The monoisotopic (exact) mass is 445 g/mol. The molecule has 2 aromatic carbocycles. The molecule has 2 amide bonds. The first-order valence-electron chi connectivity index (χ1n) is 10.1. The molecule has 9 heteroatoms. The lowest BCUT2D eigenvalue weighted by Gasteiger charge is -2.20. The van der Waals surface area contributed by atoms with Gasteiger partial charge in [0.2, 0.25) is 5.91 Å². The van der Waals surface area contributed by atoms with Gasteiger partial charge in [-0.25, -0.2) is 8.42 Å². The minimum Gasteiger partial charge on any atom is -0.389 e. The van der Waals surface area contributed by atoms with Gasteiger partial charge in [0.05, 0.1) is 11.0 Å². The number of aliphatic hydroxyl groups excluding tert-OH is 1. The fourth-order valence-electron chi connectivity index (χ4n) is 3.46. The van der Waals surface area contributed by atoms with Crippen molar-refractivity contribution in [3.05, 3.63) is 59.2 Å². The van der Waals surface area contributed by atoms with Crippen molar-refractivity contribution in [1.82, 2.24) is 10.2 Å². The second kappa shape index (κ2) is 9.49. The highest BCUT2D eigenvalue weighted by molar-refractivity contribution is 7.92. The van der Waals surface area contributed by atoms with Gasteiger partial charge in [0.1, 0.15) is 0 Å². The number of carbonyl (C=O) groups is 2. The second-order valence-electron chi connectivity index (χ2n) is 7.76. The first kappa shape index (κ1) is 22.8. The zero-order valence-electron chi connectivity index (χ0n) is 17.6. The van der Waals surface area contributed by atoms with E-state index in [0.29, 0.717) is 18.5 Å². The van der Waals surface area contributed by atoms with Crippen molar-refractivity contribution >= 4 is 27.5 Å². The Morgan fingerprint density at radius 1 is 1.19 bits per heavy atom. The quantitative estimate of drug-likeness (QED) is 0.573. The number of hydrogen-bond acceptors (Lipinski definition) is 5. The molecule has 1 aliphatic heterocycles. The highest BCUT2D eigenvalue weighted by Gasteiger charge is 2.23. The summed E-state index contributed by atoms with van der Waals surface area (Å²) in [6.45, 7) is 4.32. The molecule has 31 heavy (non-hydrogen) atoms. The Labute approximate surface area is 182 Å². The van der Waals surface area contributed by atoms with Crippen LogP contribution in [-0.2, 0) is 14.8 Å². The summed E-state index contributed by atoms with van der Waals surface area (Å²) in [5, 5.41) is 12.7. The Hall–Kier alpha value is -2.91. The summed E-state index contributed by atoms with van der Waals surface area (Å²) in [4.78, 5) is 25.9. The molecule has 0 unspecified atom stereocenters. The van der Waals surface area contributed by atoms with Crippen molar-refractivity contribution in [2.24, 2.45) is 0 Å². The van der Waals surface area contributed by atoms with Crippen LogP contribution < -0.4 is 10.0 Å². The summed E-state index contributed by atoms with van der Waals surface area (Å²) >= 11 is 0. The number of benzene rings is 2. The molecule has 1 saturated heterocycles. The molecule has 1 fully saturated rings. The fourth-order valence-corrected chi connectivity index (χ4v) is 4.84. The first-order valence-corrected chi connectivity index (χ1v) is 11.6. The standard InChI is InChI=1S/C22H27N3O5S/c1-15-8-9-16(2)20(11-15)31(29,30)24-18-6-3-5-17(12-18)22(28)23-13-19(26)14-25-10-4-7-21(25)27/h3,5-6,8-9,11-12,19,24,26H,4,7,10,13-14H2,1-2H3,(H,23,28)/t19-/m1/s1. The molecule has 0 aromatic heterocycles. The number of amides is 2. The summed E-state index contributed by atoms with van der Waals surface area (Å²) in [6, 6.07) is 11.3. The minimum absolute atomic E-state index is 0.00853. The second-order valence-corrected chi connectivity index (χ2v) is 9.41. The molecular weight excluding hydrogens is 418 g/mol. The number of sulfonamides is 1. The van der Waals surface area contributed by atoms with Gasteiger partial charge in [-0.05, 0) is 55.7 Å². The summed E-state index contributed by atoms with van der Waals surface area (Å²) < 4.78 is 28.1. The molecule has 2 aromatic rings. The topological polar surface area (TPSA) is 116 Å². The lowest BCUT2D eigenvalue weighted by molar-refractivity contribution is -0.128. The van der Waals surface area contributed by atoms with Crippen LogP contribution in [0, 0.1) is 13.8 Å². The average molecular weight is 446 g/mol. The van der Waals surface area contributed by atoms with E-state index in [1.807, 2.05) is 13.0 Å². The Kier molecular flexibility index (Phi) is 6.97. The number of aryl methyl sites for hydroxylation is 2. The average Bonchev–Trinajstić information content (AvgIpc) is 3.12. The fraction of sp³-hybridized carbons (Fsp3) is 0.364. The van der Waals surface area contributed by atoms with E-state index in [0.717, 1.165) is 12.0 Å². The van der Waals surface area contributed by atoms with Gasteiger partial charge in [0.25, 0.3) is 15.9 Å². The van der Waals surface area contributed by atoms with Gasteiger partial charge < -0.3 is 15.3 Å². The molecule has 0 saturated carbocycles. The summed E-state index contributed by atoms with van der Waals surface area (Å²) in [7, 11) is -3.81. The molecule has 1 heterocycles. The smallest absolute Gasteiger partial charge is 0.262 e. The molecule has 0 aliphatic carbocycles. The molecule has 0 spiro atoms. The van der Waals surface area contributed by atoms with E-state index in [9.17, 15) is 23.1 Å². The summed E-state index contributed by atoms with van der Waals surface area (Å²) in [5.74, 6) is -0.436. The highest BCUT2D eigenvalue weighted by atomic mass is 32.2. The van der Waals surface area contributed by atoms with Crippen LogP contribution >= 0.6 is 0 Å². The van der Waals surface area contributed by atoms with Gasteiger partial charge in [-0.15, -0.1) is 0 Å². The van der Waals surface area contributed by atoms with E-state index in [-0.39, 0.29) is 35.1 Å². The van der Waals surface area contributed by atoms with Crippen LogP contribution in [0.4, 0.5) is 5.69 Å². The van der Waals surface area contributed by atoms with Crippen LogP contribution in [0.15, 0.2) is 47.4 Å². The van der Waals surface area contributed by atoms with Gasteiger partial charge in [-0.2, -0.15) is 0 Å². The highest BCUT2D eigenvalue weighted by Crippen LogP contribution is 2.21. The molecule has 0 radical (unpaired) electrons. The number of anilines is 1. The third-order valence-corrected chi connectivity index (χ3v) is 6.63. The SMILES string of the molecule is Cc1ccc(C)c(S(=O)(=O)Nc2cccc(C(=O)NC[C@@H](O)CN3CCCC3=O)c2)c1. The van der Waals surface area contributed by atoms with Gasteiger partial charge in [0, 0.05) is 37.3 Å². The lowest BCUT2D eigenvalue weighted by atomic mass is 10.2. The normalized spacial score (nSPS) is 15.1. The van der Waals surface area contributed by atoms with Crippen molar-refractivity contribution in [1.29, 1.82) is 0 Å². The van der Waals surface area contributed by atoms with E-state index in [2.05, 4.69) is 10.0 Å². The van der Waals surface area contributed by atoms with Crippen molar-refractivity contribution in [3.8, 4) is 0 Å². The summed E-state index contributed by atoms with van der Waals surface area (Å²) in [6.07, 6.45) is 0.393. The van der Waals surface area contributed by atoms with Crippen LogP contribution in [-0.4, -0.2) is 56.0 Å². The number of likely N-dealkylation sites (tertiary alicyclic amines) is 1. The molecule has 3 rings (SSSR count). The molecule has 1 aliphatic rings. The Balaban J connectivity index is 1.63. The molecule has 0 bridgehead atoms. The number of β-amino-alcohol motifs (C(OH)–C–C–N with tert-alkyl or cyclic N) is 1. The number of carbonyl (C=O) groups excluding carboxylic acids is 2. The number of hydrogen-bond donors (Lipinski definition) is 3. The maximum Gasteiger partial charge on any atom is 0.262 e. The van der Waals surface area contributed by atoms with Crippen LogP contribution in [0.2, 0.25) is 0 Å². The van der Waals surface area contributed by atoms with E-state index < -0.39 is 22.0 Å². The Morgan fingerprint density at radius 2 is 1.97 bits per heavy atom. The number of nitrogens with one attached hydrogen (secondary N) is 2. The van der Waals surface area contributed by atoms with Gasteiger partial charge in [-0.3, -0.25) is 14.3 Å². The van der Waals surface area contributed by atoms with Crippen molar-refractivity contribution in [2.75, 3.05) is 24.4 Å². The lowest BCUT2D eigenvalue weighted by Crippen LogP contribution is -2.40. The zero-order valence-corrected chi connectivity index (χ0v) is 18.4. The van der Waals surface area contributed by atoms with Crippen molar-refractivity contribution in [3.63, 3.8) is 0 Å². The summed E-state index contributed by atoms with van der Waals surface area (Å²) in [5.41, 5.74) is 1.97. The maximum absolute atomic E-state index is 12.8. The Bertz CT molecular complexity index is 1080. The van der Waals surface area contributed by atoms with Crippen LogP contribution in [0.1, 0.15) is 34.3 Å². The number of rotatable bonds is 8. The minimum atomic E-state index is -3.81. The maximum atomic E-state index is 12.8.